The van der Waals surface area contributed by atoms with Gasteiger partial charge in [0.25, 0.3) is 0 Å². The molecule has 0 radical (unpaired) electrons. The van der Waals surface area contributed by atoms with E-state index < -0.39 is 0 Å². The molecule has 16 heavy (non-hydrogen) atoms. The molecular weight excluding hydrogens is 204 g/mol. The van der Waals surface area contributed by atoms with Crippen molar-refractivity contribution in [1.82, 2.24) is 10.2 Å². The van der Waals surface area contributed by atoms with Gasteiger partial charge < -0.3 is 10.2 Å². The van der Waals surface area contributed by atoms with Crippen LogP contribution in [0.3, 0.4) is 0 Å². The second kappa shape index (κ2) is 5.87. The van der Waals surface area contributed by atoms with Gasteiger partial charge in [-0.05, 0) is 25.2 Å². The Morgan fingerprint density at radius 2 is 2.00 bits per heavy atom. The Morgan fingerprint density at radius 1 is 1.44 bits per heavy atom. The Bertz CT molecular complexity index is 254. The molecule has 1 fully saturated rings. The summed E-state index contributed by atoms with van der Waals surface area (Å²) in [5.41, 5.74) is 0. The first kappa shape index (κ1) is 13.0. The molecule has 0 aromatic heterocycles. The maximum absolute atomic E-state index is 11.6. The van der Waals surface area contributed by atoms with E-state index in [0.29, 0.717) is 24.5 Å². The average Bonchev–Trinajstić information content (AvgIpc) is 2.26. The standard InChI is InChI=1S/C12H22N2O2/c1-4-11(13-12(16)14(2)3)9-5-7-10(15)8-6-9/h9,11H,4-8H2,1-3H3,(H,13,16). The minimum Gasteiger partial charge on any atom is -0.335 e. The fourth-order valence-electron chi connectivity index (χ4n) is 2.21. The van der Waals surface area contributed by atoms with Crippen LogP contribution in [-0.2, 0) is 4.79 Å². The van der Waals surface area contributed by atoms with E-state index in [-0.39, 0.29) is 12.1 Å². The van der Waals surface area contributed by atoms with Gasteiger partial charge in [0.05, 0.1) is 0 Å². The van der Waals surface area contributed by atoms with Gasteiger partial charge in [0.15, 0.2) is 0 Å². The van der Waals surface area contributed by atoms with Crippen molar-refractivity contribution in [2.24, 2.45) is 5.92 Å². The topological polar surface area (TPSA) is 49.4 Å². The summed E-state index contributed by atoms with van der Waals surface area (Å²) < 4.78 is 0. The molecule has 0 heterocycles. The molecule has 1 saturated carbocycles. The first-order chi connectivity index (χ1) is 7.54. The van der Waals surface area contributed by atoms with E-state index in [1.54, 1.807) is 19.0 Å². The molecule has 0 aromatic carbocycles. The number of carbonyl (C=O) groups is 2. The molecule has 2 amide bonds. The molecule has 1 aliphatic carbocycles. The van der Waals surface area contributed by atoms with Crippen LogP contribution in [0.4, 0.5) is 4.79 Å². The molecule has 0 aromatic rings. The highest BCUT2D eigenvalue weighted by Crippen LogP contribution is 2.26. The second-order valence-corrected chi connectivity index (χ2v) is 4.73. The summed E-state index contributed by atoms with van der Waals surface area (Å²) in [6.07, 6.45) is 4.13. The third kappa shape index (κ3) is 3.51. The summed E-state index contributed by atoms with van der Waals surface area (Å²) in [5, 5.41) is 3.03. The Morgan fingerprint density at radius 3 is 2.44 bits per heavy atom. The van der Waals surface area contributed by atoms with E-state index in [9.17, 15) is 9.59 Å². The summed E-state index contributed by atoms with van der Waals surface area (Å²) in [7, 11) is 3.49. The molecule has 0 saturated heterocycles. The smallest absolute Gasteiger partial charge is 0.317 e. The number of nitrogens with zero attached hydrogens (tertiary/aromatic N) is 1. The lowest BCUT2D eigenvalue weighted by Crippen LogP contribution is -2.45. The summed E-state index contributed by atoms with van der Waals surface area (Å²) in [4.78, 5) is 24.3. The number of hydrogen-bond acceptors (Lipinski definition) is 2. The lowest BCUT2D eigenvalue weighted by molar-refractivity contribution is -0.121. The average molecular weight is 226 g/mol. The van der Waals surface area contributed by atoms with Crippen LogP contribution >= 0.6 is 0 Å². The quantitative estimate of drug-likeness (QED) is 0.797. The van der Waals surface area contributed by atoms with E-state index in [1.165, 1.54) is 0 Å². The van der Waals surface area contributed by atoms with Crippen molar-refractivity contribution in [2.45, 2.75) is 45.1 Å². The van der Waals surface area contributed by atoms with Crippen LogP contribution in [-0.4, -0.2) is 36.9 Å². The van der Waals surface area contributed by atoms with Gasteiger partial charge in [0.2, 0.25) is 0 Å². The number of nitrogens with one attached hydrogen (secondary N) is 1. The van der Waals surface area contributed by atoms with E-state index in [2.05, 4.69) is 12.2 Å². The molecular formula is C12H22N2O2. The minimum atomic E-state index is -0.0382. The maximum Gasteiger partial charge on any atom is 0.317 e. The fourth-order valence-corrected chi connectivity index (χ4v) is 2.21. The monoisotopic (exact) mass is 226 g/mol. The number of hydrogen-bond donors (Lipinski definition) is 1. The van der Waals surface area contributed by atoms with Crippen LogP contribution in [0, 0.1) is 5.92 Å². The molecule has 1 atom stereocenters. The molecule has 1 rings (SSSR count). The number of carbonyl (C=O) groups excluding carboxylic acids is 2. The van der Waals surface area contributed by atoms with Gasteiger partial charge in [-0.1, -0.05) is 6.92 Å². The normalized spacial score (nSPS) is 19.3. The molecule has 92 valence electrons. The summed E-state index contributed by atoms with van der Waals surface area (Å²) in [6.45, 7) is 2.08. The summed E-state index contributed by atoms with van der Waals surface area (Å²) in [5.74, 6) is 0.830. The Kier molecular flexibility index (Phi) is 4.77. The number of urea groups is 1. The van der Waals surface area contributed by atoms with Gasteiger partial charge in [-0.2, -0.15) is 0 Å². The van der Waals surface area contributed by atoms with Gasteiger partial charge in [-0.25, -0.2) is 4.79 Å². The molecule has 4 nitrogen and oxygen atoms in total. The van der Waals surface area contributed by atoms with Crippen molar-refractivity contribution in [3.8, 4) is 0 Å². The van der Waals surface area contributed by atoms with Crippen LogP contribution in [0.25, 0.3) is 0 Å². The highest BCUT2D eigenvalue weighted by molar-refractivity contribution is 5.79. The second-order valence-electron chi connectivity index (χ2n) is 4.73. The zero-order valence-corrected chi connectivity index (χ0v) is 10.5. The minimum absolute atomic E-state index is 0.0382. The molecule has 1 N–H and O–H groups in total. The number of rotatable bonds is 3. The Balaban J connectivity index is 2.47. The van der Waals surface area contributed by atoms with Crippen LogP contribution in [0.1, 0.15) is 39.0 Å². The Labute approximate surface area is 97.4 Å². The fraction of sp³-hybridized carbons (Fsp3) is 0.833. The van der Waals surface area contributed by atoms with Crippen LogP contribution in [0.15, 0.2) is 0 Å². The molecule has 0 bridgehead atoms. The van der Waals surface area contributed by atoms with Crippen molar-refractivity contribution >= 4 is 11.8 Å². The largest absolute Gasteiger partial charge is 0.335 e. The SMILES string of the molecule is CCC(NC(=O)N(C)C)C1CCC(=O)CC1. The van der Waals surface area contributed by atoms with Crippen molar-refractivity contribution in [2.75, 3.05) is 14.1 Å². The molecule has 1 unspecified atom stereocenters. The van der Waals surface area contributed by atoms with Gasteiger partial charge in [-0.15, -0.1) is 0 Å². The van der Waals surface area contributed by atoms with Gasteiger partial charge in [0.1, 0.15) is 5.78 Å². The zero-order chi connectivity index (χ0) is 12.1. The number of amides is 2. The van der Waals surface area contributed by atoms with Crippen LogP contribution in [0.2, 0.25) is 0 Å². The van der Waals surface area contributed by atoms with Crippen molar-refractivity contribution in [3.63, 3.8) is 0 Å². The highest BCUT2D eigenvalue weighted by Gasteiger charge is 2.26. The first-order valence-electron chi connectivity index (χ1n) is 6.04. The Hall–Kier alpha value is -1.06. The molecule has 1 aliphatic rings. The highest BCUT2D eigenvalue weighted by atomic mass is 16.2. The zero-order valence-electron chi connectivity index (χ0n) is 10.5. The number of ketones is 1. The molecule has 0 spiro atoms. The van der Waals surface area contributed by atoms with Crippen LogP contribution in [0.5, 0.6) is 0 Å². The van der Waals surface area contributed by atoms with Gasteiger partial charge in [-0.3, -0.25) is 4.79 Å². The van der Waals surface area contributed by atoms with Crippen molar-refractivity contribution < 1.29 is 9.59 Å². The maximum atomic E-state index is 11.6. The molecule has 4 heteroatoms. The van der Waals surface area contributed by atoms with E-state index in [4.69, 9.17) is 0 Å². The predicted octanol–water partition coefficient (Wildman–Crippen LogP) is 1.80. The predicted molar refractivity (Wildman–Crippen MR) is 63.3 cm³/mol. The van der Waals surface area contributed by atoms with Gasteiger partial charge in [0, 0.05) is 33.0 Å². The third-order valence-corrected chi connectivity index (χ3v) is 3.31. The van der Waals surface area contributed by atoms with Crippen LogP contribution < -0.4 is 5.32 Å². The third-order valence-electron chi connectivity index (χ3n) is 3.31. The first-order valence-corrected chi connectivity index (χ1v) is 6.04. The number of Topliss-reactive ketones (excluding diaryl/α,β-unsaturated/α-hetero) is 1. The lowest BCUT2D eigenvalue weighted by atomic mass is 9.82. The van der Waals surface area contributed by atoms with Crippen molar-refractivity contribution in [1.29, 1.82) is 0 Å². The van der Waals surface area contributed by atoms with Crippen molar-refractivity contribution in [3.05, 3.63) is 0 Å². The van der Waals surface area contributed by atoms with Gasteiger partial charge >= 0.3 is 6.03 Å². The summed E-state index contributed by atoms with van der Waals surface area (Å²) >= 11 is 0. The molecule has 0 aliphatic heterocycles. The summed E-state index contributed by atoms with van der Waals surface area (Å²) in [6, 6.07) is 0.173. The van der Waals surface area contributed by atoms with E-state index >= 15 is 0 Å². The lowest BCUT2D eigenvalue weighted by Gasteiger charge is -2.30. The van der Waals surface area contributed by atoms with E-state index in [0.717, 1.165) is 19.3 Å². The van der Waals surface area contributed by atoms with E-state index in [1.807, 2.05) is 0 Å².